The lowest BCUT2D eigenvalue weighted by Crippen LogP contribution is -2.33. The fourth-order valence-electron chi connectivity index (χ4n) is 1.31. The first-order chi connectivity index (χ1) is 7.00. The Hall–Kier alpha value is -1.32. The van der Waals surface area contributed by atoms with Gasteiger partial charge in [-0.15, -0.1) is 0 Å². The number of hydrogen-bond acceptors (Lipinski definition) is 1. The van der Waals surface area contributed by atoms with Gasteiger partial charge >= 0.3 is 6.03 Å². The Labute approximate surface area is 91.1 Å². The molecule has 0 aliphatic carbocycles. The summed E-state index contributed by atoms with van der Waals surface area (Å²) in [4.78, 5) is 13.6. The quantitative estimate of drug-likeness (QED) is 0.690. The highest BCUT2D eigenvalue weighted by Crippen LogP contribution is 2.02. The molecule has 0 N–H and O–H groups in total. The van der Waals surface area contributed by atoms with Crippen molar-refractivity contribution in [2.24, 2.45) is 13.0 Å². The summed E-state index contributed by atoms with van der Waals surface area (Å²) in [6.07, 6.45) is 6.44. The van der Waals surface area contributed by atoms with Crippen molar-refractivity contribution in [1.29, 1.82) is 0 Å². The predicted octanol–water partition coefficient (Wildman–Crippen LogP) is 1.26. The van der Waals surface area contributed by atoms with Crippen molar-refractivity contribution in [1.82, 2.24) is 9.47 Å². The molecule has 1 heterocycles. The first kappa shape index (κ1) is 11.8. The summed E-state index contributed by atoms with van der Waals surface area (Å²) in [6.45, 7) is 5.13. The van der Waals surface area contributed by atoms with E-state index in [9.17, 15) is 4.79 Å². The minimum absolute atomic E-state index is 0.0243. The van der Waals surface area contributed by atoms with Gasteiger partial charge in [-0.25, -0.2) is 9.36 Å². The lowest BCUT2D eigenvalue weighted by molar-refractivity contribution is -0.670. The van der Waals surface area contributed by atoms with E-state index in [0.717, 1.165) is 13.0 Å². The number of carbonyl (C=O) groups is 1. The SMILES string of the molecule is CC(C)CCN(C)C(=O)n1cc[n+](C)c1. The summed E-state index contributed by atoms with van der Waals surface area (Å²) in [5, 5.41) is 0. The maximum Gasteiger partial charge on any atom is 0.415 e. The summed E-state index contributed by atoms with van der Waals surface area (Å²) in [6, 6.07) is 0.0243. The van der Waals surface area contributed by atoms with Crippen molar-refractivity contribution in [2.45, 2.75) is 20.3 Å². The van der Waals surface area contributed by atoms with Gasteiger partial charge in [-0.05, 0) is 12.3 Å². The molecule has 0 atom stereocenters. The van der Waals surface area contributed by atoms with Gasteiger partial charge in [-0.3, -0.25) is 0 Å². The lowest BCUT2D eigenvalue weighted by atomic mass is 10.1. The lowest BCUT2D eigenvalue weighted by Gasteiger charge is -2.14. The summed E-state index contributed by atoms with van der Waals surface area (Å²) < 4.78 is 3.45. The van der Waals surface area contributed by atoms with E-state index >= 15 is 0 Å². The van der Waals surface area contributed by atoms with Gasteiger partial charge in [0.1, 0.15) is 12.4 Å². The van der Waals surface area contributed by atoms with Crippen LogP contribution in [0.4, 0.5) is 4.79 Å². The standard InChI is InChI=1S/C11H20N3O/c1-10(2)5-6-13(4)11(15)14-8-7-12(3)9-14/h7-10H,5-6H2,1-4H3/q+1. The molecule has 0 aromatic carbocycles. The van der Waals surface area contributed by atoms with Gasteiger partial charge in [0, 0.05) is 13.6 Å². The number of hydrogen-bond donors (Lipinski definition) is 0. The molecule has 1 amide bonds. The molecule has 0 spiro atoms. The van der Waals surface area contributed by atoms with E-state index in [1.165, 1.54) is 0 Å². The fourth-order valence-corrected chi connectivity index (χ4v) is 1.31. The number of amides is 1. The molecule has 0 saturated heterocycles. The molecule has 1 rings (SSSR count). The number of rotatable bonds is 3. The molecule has 0 saturated carbocycles. The molecule has 0 aliphatic heterocycles. The van der Waals surface area contributed by atoms with Gasteiger partial charge in [0.05, 0.1) is 7.05 Å². The van der Waals surface area contributed by atoms with Crippen LogP contribution >= 0.6 is 0 Å². The van der Waals surface area contributed by atoms with Gasteiger partial charge in [-0.2, -0.15) is 4.57 Å². The van der Waals surface area contributed by atoms with Crippen LogP contribution in [-0.2, 0) is 7.05 Å². The van der Waals surface area contributed by atoms with E-state index in [4.69, 9.17) is 0 Å². The smallest absolute Gasteiger partial charge is 0.307 e. The zero-order chi connectivity index (χ0) is 11.4. The third-order valence-electron chi connectivity index (χ3n) is 2.36. The second kappa shape index (κ2) is 4.96. The molecular weight excluding hydrogens is 190 g/mol. The number of aromatic nitrogens is 2. The van der Waals surface area contributed by atoms with Crippen molar-refractivity contribution < 1.29 is 9.36 Å². The number of nitrogens with zero attached hydrogens (tertiary/aromatic N) is 3. The van der Waals surface area contributed by atoms with Crippen molar-refractivity contribution in [3.63, 3.8) is 0 Å². The zero-order valence-corrected chi connectivity index (χ0v) is 9.97. The van der Waals surface area contributed by atoms with Crippen molar-refractivity contribution in [3.05, 3.63) is 18.7 Å². The first-order valence-corrected chi connectivity index (χ1v) is 5.29. The Balaban J connectivity index is 2.53. The van der Waals surface area contributed by atoms with E-state index in [1.807, 2.05) is 24.9 Å². The largest absolute Gasteiger partial charge is 0.415 e. The molecule has 4 heteroatoms. The third kappa shape index (κ3) is 3.38. The predicted molar refractivity (Wildman–Crippen MR) is 58.5 cm³/mol. The second-order valence-electron chi connectivity index (χ2n) is 4.37. The van der Waals surface area contributed by atoms with Crippen LogP contribution in [0.15, 0.2) is 18.7 Å². The van der Waals surface area contributed by atoms with Gasteiger partial charge in [-0.1, -0.05) is 13.8 Å². The van der Waals surface area contributed by atoms with Crippen molar-refractivity contribution in [3.8, 4) is 0 Å². The summed E-state index contributed by atoms with van der Waals surface area (Å²) in [5.74, 6) is 0.626. The van der Waals surface area contributed by atoms with Gasteiger partial charge < -0.3 is 4.90 Å². The first-order valence-electron chi connectivity index (χ1n) is 5.29. The summed E-state index contributed by atoms with van der Waals surface area (Å²) >= 11 is 0. The molecule has 4 nitrogen and oxygen atoms in total. The van der Waals surface area contributed by atoms with E-state index in [0.29, 0.717) is 5.92 Å². The highest BCUT2D eigenvalue weighted by atomic mass is 16.2. The Morgan fingerprint density at radius 2 is 2.20 bits per heavy atom. The fraction of sp³-hybridized carbons (Fsp3) is 0.636. The Morgan fingerprint density at radius 3 is 2.67 bits per heavy atom. The van der Waals surface area contributed by atoms with E-state index in [2.05, 4.69) is 13.8 Å². The van der Waals surface area contributed by atoms with Gasteiger partial charge in [0.25, 0.3) is 6.33 Å². The molecule has 0 radical (unpaired) electrons. The molecule has 1 aromatic rings. The zero-order valence-electron chi connectivity index (χ0n) is 9.97. The summed E-state index contributed by atoms with van der Waals surface area (Å²) in [7, 11) is 3.74. The van der Waals surface area contributed by atoms with E-state index < -0.39 is 0 Å². The minimum atomic E-state index is 0.0243. The topological polar surface area (TPSA) is 29.1 Å². The average molecular weight is 210 g/mol. The third-order valence-corrected chi connectivity index (χ3v) is 2.36. The average Bonchev–Trinajstić information content (AvgIpc) is 2.60. The molecule has 0 fully saturated rings. The van der Waals surface area contributed by atoms with Crippen molar-refractivity contribution >= 4 is 6.03 Å². The Morgan fingerprint density at radius 1 is 1.53 bits per heavy atom. The molecule has 0 bridgehead atoms. The van der Waals surface area contributed by atoms with Crippen LogP contribution in [0.3, 0.4) is 0 Å². The number of aryl methyl sites for hydroxylation is 1. The molecule has 15 heavy (non-hydrogen) atoms. The normalized spacial score (nSPS) is 10.7. The van der Waals surface area contributed by atoms with Crippen LogP contribution in [-0.4, -0.2) is 29.1 Å². The van der Waals surface area contributed by atoms with E-state index in [-0.39, 0.29) is 6.03 Å². The van der Waals surface area contributed by atoms with Gasteiger partial charge in [0.2, 0.25) is 0 Å². The van der Waals surface area contributed by atoms with Crippen LogP contribution in [0.1, 0.15) is 20.3 Å². The van der Waals surface area contributed by atoms with Crippen LogP contribution < -0.4 is 4.57 Å². The van der Waals surface area contributed by atoms with Crippen molar-refractivity contribution in [2.75, 3.05) is 13.6 Å². The Bertz CT molecular complexity index is 330. The molecular formula is C11H20N3O+. The maximum atomic E-state index is 11.8. The van der Waals surface area contributed by atoms with Crippen LogP contribution in [0, 0.1) is 5.92 Å². The van der Waals surface area contributed by atoms with Gasteiger partial charge in [0.15, 0.2) is 0 Å². The highest BCUT2D eigenvalue weighted by molar-refractivity contribution is 5.76. The maximum absolute atomic E-state index is 11.8. The monoisotopic (exact) mass is 210 g/mol. The molecule has 0 unspecified atom stereocenters. The molecule has 84 valence electrons. The van der Waals surface area contributed by atoms with Crippen LogP contribution in [0.2, 0.25) is 0 Å². The molecule has 0 aliphatic rings. The van der Waals surface area contributed by atoms with Crippen LogP contribution in [0.25, 0.3) is 0 Å². The number of carbonyl (C=O) groups excluding carboxylic acids is 1. The Kier molecular flexibility index (Phi) is 3.88. The molecule has 1 aromatic heterocycles. The number of imidazole rings is 1. The second-order valence-corrected chi connectivity index (χ2v) is 4.37. The minimum Gasteiger partial charge on any atom is -0.307 e. The van der Waals surface area contributed by atoms with Crippen LogP contribution in [0.5, 0.6) is 0 Å². The highest BCUT2D eigenvalue weighted by Gasteiger charge is 2.16. The summed E-state index contributed by atoms with van der Waals surface area (Å²) in [5.41, 5.74) is 0. The van der Waals surface area contributed by atoms with E-state index in [1.54, 1.807) is 22.0 Å².